The van der Waals surface area contributed by atoms with Crippen LogP contribution in [-0.4, -0.2) is 24.8 Å². The highest BCUT2D eigenvalue weighted by molar-refractivity contribution is 4.69. The summed E-state index contributed by atoms with van der Waals surface area (Å²) in [4.78, 5) is 0. The van der Waals surface area contributed by atoms with Gasteiger partial charge in [-0.1, -0.05) is 0 Å². The monoisotopic (exact) mass is 115 g/mol. The molecular formula is C6H13NO. The Hall–Kier alpha value is -0.0800. The van der Waals surface area contributed by atoms with Crippen molar-refractivity contribution in [3.05, 3.63) is 0 Å². The van der Waals surface area contributed by atoms with Gasteiger partial charge < -0.3 is 10.4 Å². The summed E-state index contributed by atoms with van der Waals surface area (Å²) in [5.41, 5.74) is 0. The predicted octanol–water partition coefficient (Wildman–Crippen LogP) is -0.0217. The Balaban J connectivity index is 2.06. The van der Waals surface area contributed by atoms with Crippen LogP contribution in [-0.2, 0) is 0 Å². The molecule has 0 aromatic heterocycles. The highest BCUT2D eigenvalue weighted by Crippen LogP contribution is 2.10. The Morgan fingerprint density at radius 1 is 1.62 bits per heavy atom. The zero-order valence-corrected chi connectivity index (χ0v) is 5.06. The SMILES string of the molecule is OCC[C@H]1CCNC1. The highest BCUT2D eigenvalue weighted by atomic mass is 16.3. The van der Waals surface area contributed by atoms with Gasteiger partial charge in [0.1, 0.15) is 0 Å². The number of rotatable bonds is 2. The first-order chi connectivity index (χ1) is 3.93. The van der Waals surface area contributed by atoms with Gasteiger partial charge >= 0.3 is 0 Å². The second-order valence-electron chi connectivity index (χ2n) is 2.37. The zero-order valence-electron chi connectivity index (χ0n) is 5.06. The lowest BCUT2D eigenvalue weighted by Crippen LogP contribution is -2.09. The third-order valence-corrected chi connectivity index (χ3v) is 1.70. The number of aliphatic hydroxyl groups is 1. The fourth-order valence-corrected chi connectivity index (χ4v) is 1.14. The summed E-state index contributed by atoms with van der Waals surface area (Å²) >= 11 is 0. The van der Waals surface area contributed by atoms with Crippen molar-refractivity contribution in [1.82, 2.24) is 5.32 Å². The Morgan fingerprint density at radius 2 is 2.50 bits per heavy atom. The van der Waals surface area contributed by atoms with Crippen LogP contribution >= 0.6 is 0 Å². The lowest BCUT2D eigenvalue weighted by atomic mass is 10.1. The van der Waals surface area contributed by atoms with Crippen LogP contribution in [0.4, 0.5) is 0 Å². The van der Waals surface area contributed by atoms with E-state index in [1.807, 2.05) is 0 Å². The predicted molar refractivity (Wildman–Crippen MR) is 32.7 cm³/mol. The molecule has 0 saturated carbocycles. The van der Waals surface area contributed by atoms with E-state index >= 15 is 0 Å². The van der Waals surface area contributed by atoms with Crippen molar-refractivity contribution in [3.8, 4) is 0 Å². The molecule has 2 heteroatoms. The largest absolute Gasteiger partial charge is 0.396 e. The summed E-state index contributed by atoms with van der Waals surface area (Å²) in [7, 11) is 0. The summed E-state index contributed by atoms with van der Waals surface area (Å²) < 4.78 is 0. The van der Waals surface area contributed by atoms with E-state index in [2.05, 4.69) is 5.32 Å². The van der Waals surface area contributed by atoms with Crippen molar-refractivity contribution in [2.75, 3.05) is 19.7 Å². The maximum Gasteiger partial charge on any atom is 0.0434 e. The summed E-state index contributed by atoms with van der Waals surface area (Å²) in [5, 5.41) is 11.7. The van der Waals surface area contributed by atoms with E-state index in [9.17, 15) is 0 Å². The van der Waals surface area contributed by atoms with E-state index in [1.54, 1.807) is 0 Å². The van der Waals surface area contributed by atoms with Crippen LogP contribution in [0.2, 0.25) is 0 Å². The van der Waals surface area contributed by atoms with Gasteiger partial charge in [-0.25, -0.2) is 0 Å². The van der Waals surface area contributed by atoms with Crippen LogP contribution in [0.5, 0.6) is 0 Å². The fraction of sp³-hybridized carbons (Fsp3) is 1.00. The normalized spacial score (nSPS) is 28.9. The van der Waals surface area contributed by atoms with Crippen molar-refractivity contribution in [3.63, 3.8) is 0 Å². The molecule has 0 amide bonds. The minimum Gasteiger partial charge on any atom is -0.396 e. The first kappa shape index (κ1) is 6.05. The highest BCUT2D eigenvalue weighted by Gasteiger charge is 2.12. The van der Waals surface area contributed by atoms with Crippen molar-refractivity contribution in [1.29, 1.82) is 0 Å². The molecule has 0 aliphatic carbocycles. The topological polar surface area (TPSA) is 32.3 Å². The first-order valence-corrected chi connectivity index (χ1v) is 3.25. The maximum atomic E-state index is 8.50. The molecule has 8 heavy (non-hydrogen) atoms. The van der Waals surface area contributed by atoms with Gasteiger partial charge in [-0.2, -0.15) is 0 Å². The van der Waals surface area contributed by atoms with E-state index in [0.29, 0.717) is 6.61 Å². The van der Waals surface area contributed by atoms with Gasteiger partial charge in [-0.05, 0) is 31.8 Å². The molecule has 0 aromatic carbocycles. The second kappa shape index (κ2) is 3.05. The fourth-order valence-electron chi connectivity index (χ4n) is 1.14. The van der Waals surface area contributed by atoms with Crippen LogP contribution in [0.15, 0.2) is 0 Å². The van der Waals surface area contributed by atoms with Crippen LogP contribution in [0, 0.1) is 5.92 Å². The van der Waals surface area contributed by atoms with Crippen LogP contribution in [0.1, 0.15) is 12.8 Å². The minimum atomic E-state index is 0.354. The third kappa shape index (κ3) is 1.46. The molecule has 2 N–H and O–H groups in total. The molecule has 0 spiro atoms. The van der Waals surface area contributed by atoms with E-state index < -0.39 is 0 Å². The molecule has 1 saturated heterocycles. The number of hydrogen-bond donors (Lipinski definition) is 2. The van der Waals surface area contributed by atoms with Crippen molar-refractivity contribution in [2.24, 2.45) is 5.92 Å². The second-order valence-corrected chi connectivity index (χ2v) is 2.37. The van der Waals surface area contributed by atoms with Crippen molar-refractivity contribution >= 4 is 0 Å². The van der Waals surface area contributed by atoms with Crippen LogP contribution in [0.3, 0.4) is 0 Å². The Labute approximate surface area is 49.9 Å². The zero-order chi connectivity index (χ0) is 5.82. The molecular weight excluding hydrogens is 102 g/mol. The molecule has 0 bridgehead atoms. The van der Waals surface area contributed by atoms with E-state index in [1.165, 1.54) is 6.42 Å². The van der Waals surface area contributed by atoms with Gasteiger partial charge in [-0.15, -0.1) is 0 Å². The average molecular weight is 115 g/mol. The van der Waals surface area contributed by atoms with Gasteiger partial charge in [0.05, 0.1) is 0 Å². The molecule has 0 aromatic rings. The Morgan fingerprint density at radius 3 is 3.00 bits per heavy atom. The summed E-state index contributed by atoms with van der Waals surface area (Å²) in [6, 6.07) is 0. The van der Waals surface area contributed by atoms with Gasteiger partial charge in [0.25, 0.3) is 0 Å². The van der Waals surface area contributed by atoms with Gasteiger partial charge in [0.15, 0.2) is 0 Å². The van der Waals surface area contributed by atoms with Crippen LogP contribution < -0.4 is 5.32 Å². The smallest absolute Gasteiger partial charge is 0.0434 e. The van der Waals surface area contributed by atoms with E-state index in [-0.39, 0.29) is 0 Å². The standard InChI is InChI=1S/C6H13NO/c8-4-2-6-1-3-7-5-6/h6-8H,1-5H2/t6-/m1/s1. The lowest BCUT2D eigenvalue weighted by Gasteiger charge is -2.01. The molecule has 48 valence electrons. The van der Waals surface area contributed by atoms with E-state index in [4.69, 9.17) is 5.11 Å². The van der Waals surface area contributed by atoms with E-state index in [0.717, 1.165) is 25.4 Å². The summed E-state index contributed by atoms with van der Waals surface area (Å²) in [5.74, 6) is 0.750. The molecule has 1 aliphatic heterocycles. The maximum absolute atomic E-state index is 8.50. The van der Waals surface area contributed by atoms with Gasteiger partial charge in [0.2, 0.25) is 0 Å². The molecule has 1 atom stereocenters. The van der Waals surface area contributed by atoms with Crippen LogP contribution in [0.25, 0.3) is 0 Å². The molecule has 2 nitrogen and oxygen atoms in total. The minimum absolute atomic E-state index is 0.354. The molecule has 1 heterocycles. The molecule has 1 fully saturated rings. The van der Waals surface area contributed by atoms with Gasteiger partial charge in [0, 0.05) is 6.61 Å². The number of nitrogens with one attached hydrogen (secondary N) is 1. The molecule has 0 unspecified atom stereocenters. The third-order valence-electron chi connectivity index (χ3n) is 1.70. The van der Waals surface area contributed by atoms with Crippen molar-refractivity contribution in [2.45, 2.75) is 12.8 Å². The molecule has 0 radical (unpaired) electrons. The summed E-state index contributed by atoms with van der Waals surface area (Å²) in [6.45, 7) is 2.61. The molecule has 1 aliphatic rings. The lowest BCUT2D eigenvalue weighted by molar-refractivity contribution is 0.262. The number of aliphatic hydroxyl groups excluding tert-OH is 1. The Kier molecular flexibility index (Phi) is 2.30. The first-order valence-electron chi connectivity index (χ1n) is 3.25. The quantitative estimate of drug-likeness (QED) is 0.530. The van der Waals surface area contributed by atoms with Gasteiger partial charge in [-0.3, -0.25) is 0 Å². The van der Waals surface area contributed by atoms with Crippen molar-refractivity contribution < 1.29 is 5.11 Å². The number of hydrogen-bond acceptors (Lipinski definition) is 2. The molecule has 1 rings (SSSR count). The Bertz CT molecular complexity index is 59.5. The summed E-state index contributed by atoms with van der Waals surface area (Å²) in [6.07, 6.45) is 2.23. The average Bonchev–Trinajstić information content (AvgIpc) is 2.19.